The molecule has 0 fully saturated rings. The van der Waals surface area contributed by atoms with Crippen molar-refractivity contribution in [2.75, 3.05) is 41.3 Å². The molecule has 0 bridgehead atoms. The Morgan fingerprint density at radius 1 is 0.941 bits per heavy atom. The van der Waals surface area contributed by atoms with E-state index in [2.05, 4.69) is 40.2 Å². The lowest BCUT2D eigenvalue weighted by Crippen LogP contribution is -2.43. The van der Waals surface area contributed by atoms with Crippen molar-refractivity contribution in [2.24, 2.45) is 0 Å². The highest BCUT2D eigenvalue weighted by Gasteiger charge is 2.18. The van der Waals surface area contributed by atoms with E-state index in [9.17, 15) is 4.79 Å². The summed E-state index contributed by atoms with van der Waals surface area (Å²) in [4.78, 5) is 15.2. The van der Waals surface area contributed by atoms with Crippen LogP contribution in [0.25, 0.3) is 11.1 Å². The van der Waals surface area contributed by atoms with Crippen LogP contribution in [0.15, 0.2) is 42.5 Å². The number of methoxy groups -OCH3 is 1. The number of ether oxygens (including phenoxy) is 1. The van der Waals surface area contributed by atoms with Crippen molar-refractivity contribution in [3.05, 3.63) is 53.1 Å². The minimum Gasteiger partial charge on any atom is -0.496 e. The summed E-state index contributed by atoms with van der Waals surface area (Å²) in [5, 5.41) is 0.710. The number of halogens is 1. The number of benzene rings is 2. The molecule has 0 aliphatic carbocycles. The lowest BCUT2D eigenvalue weighted by atomic mass is 10.0. The summed E-state index contributed by atoms with van der Waals surface area (Å²) in [5.74, 6) is 1.07. The highest BCUT2D eigenvalue weighted by molar-refractivity contribution is 6.30. The highest BCUT2D eigenvalue weighted by Crippen LogP contribution is 2.32. The fourth-order valence-corrected chi connectivity index (χ4v) is 4.16. The van der Waals surface area contributed by atoms with Gasteiger partial charge >= 0.3 is 0 Å². The molecule has 0 atom stereocenters. The minimum absolute atomic E-state index is 0.255. The molecule has 0 unspecified atom stereocenters. The van der Waals surface area contributed by atoms with E-state index in [1.54, 1.807) is 7.11 Å². The summed E-state index contributed by atoms with van der Waals surface area (Å²) in [7, 11) is 8.20. The van der Waals surface area contributed by atoms with E-state index in [1.807, 2.05) is 35.2 Å². The third-order valence-corrected chi connectivity index (χ3v) is 6.43. The van der Waals surface area contributed by atoms with Gasteiger partial charge in [-0.25, -0.2) is 0 Å². The van der Waals surface area contributed by atoms with E-state index in [-0.39, 0.29) is 5.91 Å². The Balaban J connectivity index is 2.10. The number of hydrogen-bond donors (Lipinski definition) is 0. The number of quaternary nitrogens is 1. The number of carbonyl (C=O) groups excluding carboxylic acids is 1. The van der Waals surface area contributed by atoms with Crippen LogP contribution in [-0.4, -0.2) is 56.6 Å². The second-order valence-corrected chi connectivity index (χ2v) is 10.7. The Kier molecular flexibility index (Phi) is 11.9. The number of unbranched alkanes of at least 4 members (excludes halogenated alkanes) is 6. The molecule has 0 saturated carbocycles. The molecule has 0 radical (unpaired) electrons. The summed E-state index contributed by atoms with van der Waals surface area (Å²) >= 11 is 6.09. The van der Waals surface area contributed by atoms with Gasteiger partial charge in [0.25, 0.3) is 0 Å². The Morgan fingerprint density at radius 2 is 1.59 bits per heavy atom. The highest BCUT2D eigenvalue weighted by atomic mass is 35.5. The molecule has 34 heavy (non-hydrogen) atoms. The Morgan fingerprint density at radius 3 is 2.21 bits per heavy atom. The number of carbonyl (C=O) groups is 1. The van der Waals surface area contributed by atoms with Crippen LogP contribution in [0.4, 0.5) is 0 Å². The maximum absolute atomic E-state index is 13.2. The van der Waals surface area contributed by atoms with Gasteiger partial charge < -0.3 is 14.1 Å². The molecule has 0 N–H and O–H groups in total. The molecule has 5 heteroatoms. The van der Waals surface area contributed by atoms with Gasteiger partial charge in [0.15, 0.2) is 0 Å². The topological polar surface area (TPSA) is 29.5 Å². The van der Waals surface area contributed by atoms with Gasteiger partial charge in [0.2, 0.25) is 5.91 Å². The summed E-state index contributed by atoms with van der Waals surface area (Å²) in [6, 6.07) is 14.0. The number of likely N-dealkylation sites (N-methyl/N-ethyl adjacent to an activating group) is 1. The summed E-state index contributed by atoms with van der Waals surface area (Å²) < 4.78 is 6.45. The number of amides is 1. The van der Waals surface area contributed by atoms with E-state index in [0.29, 0.717) is 18.0 Å². The molecule has 1 amide bonds. The third-order valence-electron chi connectivity index (χ3n) is 6.18. The number of hydrogen-bond acceptors (Lipinski definition) is 2. The summed E-state index contributed by atoms with van der Waals surface area (Å²) in [6.07, 6.45) is 9.16. The SMILES string of the molecule is CCCCCCCCCC(=O)N(CC[N+](C)(C)C)Cc1ccc(OC)c(-c2ccc(Cl)cc2)c1. The zero-order valence-corrected chi connectivity index (χ0v) is 22.7. The van der Waals surface area contributed by atoms with Gasteiger partial charge in [-0.1, -0.05) is 75.2 Å². The average Bonchev–Trinajstić information content (AvgIpc) is 2.80. The van der Waals surface area contributed by atoms with Crippen LogP contribution in [0.5, 0.6) is 5.75 Å². The van der Waals surface area contributed by atoms with Crippen LogP contribution in [0, 0.1) is 0 Å². The quantitative estimate of drug-likeness (QED) is 0.196. The monoisotopic (exact) mass is 487 g/mol. The molecule has 2 aromatic carbocycles. The Bertz CT molecular complexity index is 875. The molecule has 0 spiro atoms. The van der Waals surface area contributed by atoms with Gasteiger partial charge in [0.05, 0.1) is 41.3 Å². The predicted molar refractivity (Wildman–Crippen MR) is 144 cm³/mol. The van der Waals surface area contributed by atoms with Gasteiger partial charge in [0, 0.05) is 23.6 Å². The van der Waals surface area contributed by atoms with Gasteiger partial charge in [0.1, 0.15) is 5.75 Å². The molecule has 0 aliphatic rings. The second kappa shape index (κ2) is 14.4. The molecule has 0 saturated heterocycles. The van der Waals surface area contributed by atoms with Gasteiger partial charge in [-0.2, -0.15) is 0 Å². The Hall–Kier alpha value is -2.04. The maximum Gasteiger partial charge on any atom is 0.223 e. The van der Waals surface area contributed by atoms with Crippen molar-refractivity contribution in [3.8, 4) is 16.9 Å². The maximum atomic E-state index is 13.2. The van der Waals surface area contributed by atoms with Crippen molar-refractivity contribution >= 4 is 17.5 Å². The zero-order valence-electron chi connectivity index (χ0n) is 21.9. The van der Waals surface area contributed by atoms with E-state index >= 15 is 0 Å². The molecular formula is C29H44ClN2O2+. The van der Waals surface area contributed by atoms with Crippen molar-refractivity contribution in [3.63, 3.8) is 0 Å². The molecule has 0 aliphatic heterocycles. The first-order valence-corrected chi connectivity index (χ1v) is 13.1. The normalized spacial score (nSPS) is 11.5. The third kappa shape index (κ3) is 10.1. The smallest absolute Gasteiger partial charge is 0.223 e. The molecule has 0 aromatic heterocycles. The number of nitrogens with zero attached hydrogens (tertiary/aromatic N) is 2. The van der Waals surface area contributed by atoms with Crippen molar-refractivity contribution in [2.45, 2.75) is 64.8 Å². The molecule has 0 heterocycles. The second-order valence-electron chi connectivity index (χ2n) is 10.2. The molecule has 4 nitrogen and oxygen atoms in total. The number of rotatable bonds is 15. The first-order chi connectivity index (χ1) is 16.2. The van der Waals surface area contributed by atoms with Gasteiger partial charge in [-0.15, -0.1) is 0 Å². The Labute approximate surface area is 212 Å². The van der Waals surface area contributed by atoms with Crippen LogP contribution < -0.4 is 4.74 Å². The van der Waals surface area contributed by atoms with Crippen molar-refractivity contribution in [1.82, 2.24) is 4.90 Å². The van der Waals surface area contributed by atoms with Crippen LogP contribution in [-0.2, 0) is 11.3 Å². The van der Waals surface area contributed by atoms with Gasteiger partial charge in [-0.3, -0.25) is 4.79 Å². The fourth-order valence-electron chi connectivity index (χ4n) is 4.03. The van der Waals surface area contributed by atoms with Crippen LogP contribution in [0.1, 0.15) is 63.9 Å². The van der Waals surface area contributed by atoms with Gasteiger partial charge in [-0.05, 0) is 41.8 Å². The minimum atomic E-state index is 0.255. The molecular weight excluding hydrogens is 444 g/mol. The summed E-state index contributed by atoms with van der Waals surface area (Å²) in [5.41, 5.74) is 3.18. The largest absolute Gasteiger partial charge is 0.496 e. The van der Waals surface area contributed by atoms with E-state index in [4.69, 9.17) is 16.3 Å². The first kappa shape index (κ1) is 28.2. The first-order valence-electron chi connectivity index (χ1n) is 12.7. The summed E-state index contributed by atoms with van der Waals surface area (Å²) in [6.45, 7) is 4.52. The van der Waals surface area contributed by atoms with Crippen molar-refractivity contribution in [1.29, 1.82) is 0 Å². The van der Waals surface area contributed by atoms with E-state index < -0.39 is 0 Å². The van der Waals surface area contributed by atoms with Crippen LogP contribution >= 0.6 is 11.6 Å². The predicted octanol–water partition coefficient (Wildman–Crippen LogP) is 7.19. The molecule has 2 aromatic rings. The van der Waals surface area contributed by atoms with Crippen LogP contribution in [0.2, 0.25) is 5.02 Å². The lowest BCUT2D eigenvalue weighted by Gasteiger charge is -2.29. The molecule has 188 valence electrons. The lowest BCUT2D eigenvalue weighted by molar-refractivity contribution is -0.869. The van der Waals surface area contributed by atoms with E-state index in [0.717, 1.165) is 52.9 Å². The average molecular weight is 488 g/mol. The fraction of sp³-hybridized carbons (Fsp3) is 0.552. The van der Waals surface area contributed by atoms with Crippen LogP contribution in [0.3, 0.4) is 0 Å². The van der Waals surface area contributed by atoms with E-state index in [1.165, 1.54) is 32.1 Å². The molecule has 2 rings (SSSR count). The van der Waals surface area contributed by atoms with Crippen molar-refractivity contribution < 1.29 is 14.0 Å². The zero-order chi connectivity index (χ0) is 25.0. The standard InChI is InChI=1S/C29H44ClN2O2/c1-6-7-8-9-10-11-12-13-29(33)31(20-21-32(2,3)4)23-24-14-19-28(34-5)27(22-24)25-15-17-26(30)18-16-25/h14-19,22H,6-13,20-21,23H2,1-5H3/q+1.